The molecule has 0 amide bonds. The molecule has 0 aliphatic carbocycles. The Labute approximate surface area is 484 Å². The summed E-state index contributed by atoms with van der Waals surface area (Å²) in [5.74, 6) is 0. The van der Waals surface area contributed by atoms with Crippen LogP contribution in [0.15, 0.2) is 334 Å². The topological polar surface area (TPSA) is 14.8 Å². The first-order valence-corrected chi connectivity index (χ1v) is 32.8. The quantitative estimate of drug-likeness (QED) is 0.0906. The van der Waals surface area contributed by atoms with Crippen LogP contribution in [0.4, 0.5) is 0 Å². The largest absolute Gasteiger partial charge is 0.309 e. The number of hydrogen-bond donors (Lipinski definition) is 0. The predicted molar refractivity (Wildman–Crippen MR) is 357 cm³/mol. The highest BCUT2D eigenvalue weighted by atomic mass is 28.3. The molecule has 13 aromatic carbocycles. The molecular formula is C78H55N3Si2. The maximum Gasteiger partial charge on any atom is 0.179 e. The van der Waals surface area contributed by atoms with Crippen LogP contribution in [0.2, 0.25) is 0 Å². The summed E-state index contributed by atoms with van der Waals surface area (Å²) in [5, 5.41) is 18.1. The molecule has 0 aliphatic rings. The van der Waals surface area contributed by atoms with E-state index in [0.29, 0.717) is 0 Å². The van der Waals surface area contributed by atoms with E-state index in [4.69, 9.17) is 0 Å². The lowest BCUT2D eigenvalue weighted by molar-refractivity contribution is 1.16. The Morgan fingerprint density at radius 1 is 0.181 bits per heavy atom. The van der Waals surface area contributed by atoms with Crippen molar-refractivity contribution < 1.29 is 0 Å². The Bertz CT molecular complexity index is 4820. The molecule has 0 N–H and O–H groups in total. The Balaban J connectivity index is 0.975. The molecule has 3 aromatic heterocycles. The fourth-order valence-corrected chi connectivity index (χ4v) is 23.9. The fourth-order valence-electron chi connectivity index (χ4n) is 14.3. The van der Waals surface area contributed by atoms with E-state index in [1.54, 1.807) is 0 Å². The van der Waals surface area contributed by atoms with Gasteiger partial charge in [0.1, 0.15) is 0 Å². The number of rotatable bonds is 11. The average molecular weight is 1090 g/mol. The van der Waals surface area contributed by atoms with Gasteiger partial charge in [-0.25, -0.2) is 0 Å². The van der Waals surface area contributed by atoms with Crippen molar-refractivity contribution in [3.05, 3.63) is 334 Å². The lowest BCUT2D eigenvalue weighted by atomic mass is 10.1. The van der Waals surface area contributed by atoms with Crippen molar-refractivity contribution in [2.24, 2.45) is 0 Å². The van der Waals surface area contributed by atoms with Crippen LogP contribution in [0.25, 0.3) is 82.5 Å². The highest BCUT2D eigenvalue weighted by molar-refractivity contribution is 7.20. The second kappa shape index (κ2) is 19.7. The van der Waals surface area contributed by atoms with Gasteiger partial charge in [0.2, 0.25) is 0 Å². The average Bonchev–Trinajstić information content (AvgIpc) is 2.95. The van der Waals surface area contributed by atoms with Gasteiger partial charge in [-0.15, -0.1) is 0 Å². The third kappa shape index (κ3) is 7.42. The molecular weight excluding hydrogens is 1040 g/mol. The molecule has 3 nitrogen and oxygen atoms in total. The maximum absolute atomic E-state index is 2.95. The summed E-state index contributed by atoms with van der Waals surface area (Å²) in [6.45, 7) is 0. The molecule has 0 bridgehead atoms. The van der Waals surface area contributed by atoms with Crippen molar-refractivity contribution in [3.63, 3.8) is 0 Å². The normalized spacial score (nSPS) is 12.1. The lowest BCUT2D eigenvalue weighted by Crippen LogP contribution is -2.74. The SMILES string of the molecule is c1ccc([Si](c2ccccc2)(c2ccccc2)c2cccc(-n3c4ccccc4c4cc(-n5c6cc([Si](c7ccccc7)(c7ccccc7)c7ccccc7)ccc6c6c(-n7c8ccccc8c8ccccc87)cccc65)ccc43)c2)cc1. The molecule has 3 heterocycles. The number of para-hydroxylation sites is 3. The van der Waals surface area contributed by atoms with Crippen LogP contribution < -0.4 is 41.5 Å². The van der Waals surface area contributed by atoms with Gasteiger partial charge in [-0.05, 0) is 108 Å². The Morgan fingerprint density at radius 3 is 1.01 bits per heavy atom. The zero-order valence-corrected chi connectivity index (χ0v) is 47.6. The summed E-state index contributed by atoms with van der Waals surface area (Å²) in [5.41, 5.74) is 10.5. The summed E-state index contributed by atoms with van der Waals surface area (Å²) in [7, 11) is -5.78. The van der Waals surface area contributed by atoms with Crippen LogP contribution >= 0.6 is 0 Å². The maximum atomic E-state index is 2.57. The van der Waals surface area contributed by atoms with Gasteiger partial charge in [0, 0.05) is 43.7 Å². The van der Waals surface area contributed by atoms with Crippen molar-refractivity contribution in [2.75, 3.05) is 0 Å². The molecule has 0 aliphatic heterocycles. The second-order valence-electron chi connectivity index (χ2n) is 21.9. The highest BCUT2D eigenvalue weighted by Crippen LogP contribution is 2.41. The Hall–Kier alpha value is -10.3. The van der Waals surface area contributed by atoms with E-state index in [0.717, 1.165) is 28.1 Å². The number of nitrogens with zero attached hydrogens (tertiary/aromatic N) is 3. The van der Waals surface area contributed by atoms with Gasteiger partial charge in [-0.2, -0.15) is 0 Å². The number of benzene rings is 13. The molecule has 0 spiro atoms. The van der Waals surface area contributed by atoms with E-state index in [2.05, 4.69) is 347 Å². The molecule has 83 heavy (non-hydrogen) atoms. The molecule has 0 saturated carbocycles. The van der Waals surface area contributed by atoms with Crippen molar-refractivity contribution in [1.29, 1.82) is 0 Å². The Morgan fingerprint density at radius 2 is 0.530 bits per heavy atom. The first-order chi connectivity index (χ1) is 41.2. The monoisotopic (exact) mass is 1090 g/mol. The minimum Gasteiger partial charge on any atom is -0.309 e. The van der Waals surface area contributed by atoms with Gasteiger partial charge in [0.25, 0.3) is 0 Å². The molecule has 0 atom stereocenters. The van der Waals surface area contributed by atoms with Gasteiger partial charge in [-0.3, -0.25) is 0 Å². The predicted octanol–water partition coefficient (Wildman–Crippen LogP) is 13.7. The highest BCUT2D eigenvalue weighted by Gasteiger charge is 2.43. The molecule has 390 valence electrons. The lowest BCUT2D eigenvalue weighted by Gasteiger charge is -2.34. The fraction of sp³-hybridized carbons (Fsp3) is 0. The van der Waals surface area contributed by atoms with E-state index in [9.17, 15) is 0 Å². The van der Waals surface area contributed by atoms with Gasteiger partial charge < -0.3 is 13.7 Å². The zero-order chi connectivity index (χ0) is 54.9. The summed E-state index contributed by atoms with van der Waals surface area (Å²) in [4.78, 5) is 0. The smallest absolute Gasteiger partial charge is 0.179 e. The summed E-state index contributed by atoms with van der Waals surface area (Å²) >= 11 is 0. The van der Waals surface area contributed by atoms with E-state index < -0.39 is 16.1 Å². The molecule has 0 radical (unpaired) electrons. The molecule has 16 rings (SSSR count). The molecule has 0 saturated heterocycles. The van der Waals surface area contributed by atoms with Crippen molar-refractivity contribution in [2.45, 2.75) is 0 Å². The van der Waals surface area contributed by atoms with Gasteiger partial charge >= 0.3 is 0 Å². The second-order valence-corrected chi connectivity index (χ2v) is 29.5. The van der Waals surface area contributed by atoms with Gasteiger partial charge in [-0.1, -0.05) is 267 Å². The summed E-state index contributed by atoms with van der Waals surface area (Å²) < 4.78 is 7.57. The third-order valence-electron chi connectivity index (χ3n) is 17.7. The minimum absolute atomic E-state index is 1.11. The first kappa shape index (κ1) is 48.6. The van der Waals surface area contributed by atoms with Gasteiger partial charge in [0.05, 0.1) is 38.8 Å². The number of aromatic nitrogens is 3. The van der Waals surface area contributed by atoms with Crippen molar-refractivity contribution in [1.82, 2.24) is 13.7 Å². The van der Waals surface area contributed by atoms with E-state index >= 15 is 0 Å². The van der Waals surface area contributed by atoms with E-state index in [1.807, 2.05) is 0 Å². The number of hydrogen-bond acceptors (Lipinski definition) is 0. The molecule has 0 fully saturated rings. The van der Waals surface area contributed by atoms with Crippen LogP contribution in [0.1, 0.15) is 0 Å². The van der Waals surface area contributed by atoms with E-state index in [-0.39, 0.29) is 0 Å². The summed E-state index contributed by atoms with van der Waals surface area (Å²) in [6, 6.07) is 125. The summed E-state index contributed by atoms with van der Waals surface area (Å²) in [6.07, 6.45) is 0. The molecule has 5 heteroatoms. The zero-order valence-electron chi connectivity index (χ0n) is 45.6. The van der Waals surface area contributed by atoms with E-state index in [1.165, 1.54) is 95.9 Å². The van der Waals surface area contributed by atoms with Gasteiger partial charge in [0.15, 0.2) is 16.1 Å². The molecule has 0 unspecified atom stereocenters. The third-order valence-corrected chi connectivity index (χ3v) is 27.3. The number of fused-ring (bicyclic) bond motifs is 9. The van der Waals surface area contributed by atoms with Crippen molar-refractivity contribution in [3.8, 4) is 17.1 Å². The van der Waals surface area contributed by atoms with Crippen molar-refractivity contribution >= 4 is 123 Å². The van der Waals surface area contributed by atoms with Crippen LogP contribution in [0, 0.1) is 0 Å². The van der Waals surface area contributed by atoms with Crippen LogP contribution in [0.3, 0.4) is 0 Å². The van der Waals surface area contributed by atoms with Crippen LogP contribution in [0.5, 0.6) is 0 Å². The van der Waals surface area contributed by atoms with Crippen LogP contribution in [-0.4, -0.2) is 29.8 Å². The minimum atomic E-state index is -2.95. The first-order valence-electron chi connectivity index (χ1n) is 28.8. The van der Waals surface area contributed by atoms with Crippen LogP contribution in [-0.2, 0) is 0 Å². The molecule has 16 aromatic rings. The Kier molecular flexibility index (Phi) is 11.6. The standard InChI is InChI=1S/C78H55N3Si2/c1-7-28-58(29-8-1)82(59-30-9-2-10-31-59,60-32-11-3-12-33-60)64-40-25-27-56(53-64)79-71-44-22-21-43-68(71)70-54-57(49-52-74(70)79)80-75-47-26-48-76(81-72-45-23-19-41-66(72)67-42-20-24-46-73(67)81)78(75)69-51-50-65(55-77(69)80)83(61-34-13-4-14-35-61,62-36-15-5-16-37-62)63-38-17-6-18-39-63/h1-55H.